The van der Waals surface area contributed by atoms with Gasteiger partial charge in [0.25, 0.3) is 0 Å². The fourth-order valence-corrected chi connectivity index (χ4v) is 8.02. The van der Waals surface area contributed by atoms with Crippen molar-refractivity contribution in [3.63, 3.8) is 0 Å². The first-order valence-electron chi connectivity index (χ1n) is 22.7. The van der Waals surface area contributed by atoms with Gasteiger partial charge in [0, 0.05) is 51.4 Å². The maximum atomic E-state index is 12.2. The van der Waals surface area contributed by atoms with E-state index < -0.39 is 22.8 Å². The van der Waals surface area contributed by atoms with Crippen LogP contribution in [0, 0.1) is 0 Å². The molecule has 2 atom stereocenters. The number of carbonyl (C=O) groups is 2. The predicted molar refractivity (Wildman–Crippen MR) is 258 cm³/mol. The van der Waals surface area contributed by atoms with Crippen LogP contribution in [0.5, 0.6) is 0 Å². The van der Waals surface area contributed by atoms with Gasteiger partial charge < -0.3 is 47.5 Å². The fraction of sp³-hybridized carbons (Fsp3) is 0.667. The SMILES string of the molecule is CC(C)(C)OC(=O)N1CC=C(B2OC(C)(C)C(C)(C)O2)CC1.CC(C)(C)OC(=O)N1CC=C(c2ncc(C[C@@H]3COC(C)(C)O3)cc2Cl)CC1.CC1(C)OC[C@@H](Cc2cnc(Cl)c(Cl)c2)O1. The second-order valence-electron chi connectivity index (χ2n) is 21.0. The minimum atomic E-state index is -0.533. The highest BCUT2D eigenvalue weighted by Crippen LogP contribution is 2.40. The number of carbonyl (C=O) groups excluding carboxylic acids is 2. The number of amides is 2. The number of ether oxygens (including phenoxy) is 6. The number of hydrogen-bond acceptors (Lipinski definition) is 12. The molecule has 5 aliphatic rings. The van der Waals surface area contributed by atoms with E-state index in [1.807, 2.05) is 127 Å². The molecule has 0 unspecified atom stereocenters. The van der Waals surface area contributed by atoms with Crippen molar-refractivity contribution in [2.24, 2.45) is 0 Å². The third-order valence-electron chi connectivity index (χ3n) is 11.4. The molecule has 7 rings (SSSR count). The quantitative estimate of drug-likeness (QED) is 0.201. The Morgan fingerprint density at radius 1 is 0.697 bits per heavy atom. The molecule has 0 spiro atoms. The molecule has 7 heterocycles. The van der Waals surface area contributed by atoms with Crippen LogP contribution in [0.4, 0.5) is 9.59 Å². The van der Waals surface area contributed by atoms with Crippen molar-refractivity contribution in [2.75, 3.05) is 39.4 Å². The Bertz CT molecular complexity index is 2090. The Kier molecular flexibility index (Phi) is 17.4. The van der Waals surface area contributed by atoms with Crippen molar-refractivity contribution in [2.45, 2.75) is 169 Å². The fourth-order valence-electron chi connectivity index (χ4n) is 7.41. The van der Waals surface area contributed by atoms with Gasteiger partial charge in [-0.2, -0.15) is 0 Å². The van der Waals surface area contributed by atoms with Crippen LogP contribution in [0.25, 0.3) is 5.57 Å². The lowest BCUT2D eigenvalue weighted by atomic mass is 9.75. The highest BCUT2D eigenvalue weighted by Gasteiger charge is 2.52. The van der Waals surface area contributed by atoms with Gasteiger partial charge in [0.1, 0.15) is 16.4 Å². The van der Waals surface area contributed by atoms with E-state index in [1.165, 1.54) is 0 Å². The van der Waals surface area contributed by atoms with Gasteiger partial charge >= 0.3 is 19.3 Å². The molecule has 2 amide bonds. The molecular weight excluding hydrogens is 910 g/mol. The number of pyridine rings is 2. The lowest BCUT2D eigenvalue weighted by Gasteiger charge is -2.32. The molecule has 3 saturated heterocycles. The number of nitrogens with zero attached hydrogens (tertiary/aromatic N) is 4. The van der Waals surface area contributed by atoms with Gasteiger partial charge in [0.05, 0.1) is 52.4 Å². The summed E-state index contributed by atoms with van der Waals surface area (Å²) in [6.07, 6.45) is 9.96. The van der Waals surface area contributed by atoms with Crippen LogP contribution in [0.3, 0.4) is 0 Å². The number of hydrogen-bond donors (Lipinski definition) is 0. The standard InChI is InChI=1S/C21H29ClN2O4.C16H28BNO4.C11H13Cl2NO2/c1-20(2,3)28-19(25)24-8-6-15(7-9-24)18-17(22)11-14(12-23-18)10-16-13-26-21(4,5)27-16;1-14(2,3)20-13(19)18-10-8-12(9-11-18)17-21-15(4,5)16(6,7)22-17;1-11(2)15-6-8(16-11)3-7-4-9(12)10(13)14-5-7/h6,11-12,16H,7-10,13H2,1-5H3;8H,9-11H2,1-7H3;4-5,8H,3,6H2,1-2H3/t16-;;8-/m1.1/s1. The molecule has 0 bridgehead atoms. The first kappa shape index (κ1) is 54.0. The van der Waals surface area contributed by atoms with Crippen molar-refractivity contribution in [1.29, 1.82) is 0 Å². The first-order valence-corrected chi connectivity index (χ1v) is 23.8. The Morgan fingerprint density at radius 2 is 1.15 bits per heavy atom. The number of aromatic nitrogens is 2. The van der Waals surface area contributed by atoms with E-state index in [4.69, 9.17) is 72.5 Å². The van der Waals surface area contributed by atoms with Crippen LogP contribution in [0.1, 0.15) is 127 Å². The zero-order chi connectivity index (χ0) is 49.0. The summed E-state index contributed by atoms with van der Waals surface area (Å²) in [6.45, 7) is 30.4. The molecule has 0 aliphatic carbocycles. The summed E-state index contributed by atoms with van der Waals surface area (Å²) in [5.74, 6) is -1.02. The van der Waals surface area contributed by atoms with E-state index in [-0.39, 0.29) is 42.7 Å². The van der Waals surface area contributed by atoms with Crippen molar-refractivity contribution < 1.29 is 47.3 Å². The topological polar surface area (TPSA) is 140 Å². The highest BCUT2D eigenvalue weighted by molar-refractivity contribution is 6.54. The van der Waals surface area contributed by atoms with Crippen LogP contribution in [-0.4, -0.2) is 125 Å². The summed E-state index contributed by atoms with van der Waals surface area (Å²) in [7, 11) is -0.314. The monoisotopic (exact) mass is 978 g/mol. The minimum absolute atomic E-state index is 0.00926. The molecule has 18 heteroatoms. The molecular formula is C48H70BCl3N4O10. The van der Waals surface area contributed by atoms with Crippen molar-refractivity contribution in [3.05, 3.63) is 74.2 Å². The van der Waals surface area contributed by atoms with Gasteiger partial charge in [-0.15, -0.1) is 0 Å². The van der Waals surface area contributed by atoms with Gasteiger partial charge in [0.15, 0.2) is 11.6 Å². The van der Waals surface area contributed by atoms with Crippen molar-refractivity contribution in [1.82, 2.24) is 19.8 Å². The van der Waals surface area contributed by atoms with Gasteiger partial charge in [-0.3, -0.25) is 4.98 Å². The van der Waals surface area contributed by atoms with Gasteiger partial charge in [0.2, 0.25) is 0 Å². The van der Waals surface area contributed by atoms with E-state index in [2.05, 4.69) is 9.97 Å². The lowest BCUT2D eigenvalue weighted by Crippen LogP contribution is -2.41. The maximum absolute atomic E-state index is 12.2. The summed E-state index contributed by atoms with van der Waals surface area (Å²) in [4.78, 5) is 36.2. The molecule has 0 aromatic carbocycles. The predicted octanol–water partition coefficient (Wildman–Crippen LogP) is 10.7. The van der Waals surface area contributed by atoms with Crippen LogP contribution in [-0.2, 0) is 50.6 Å². The zero-order valence-corrected chi connectivity index (χ0v) is 43.5. The second kappa shape index (κ2) is 21.3. The van der Waals surface area contributed by atoms with E-state index in [9.17, 15) is 9.59 Å². The highest BCUT2D eigenvalue weighted by atomic mass is 35.5. The number of halogens is 3. The Labute approximate surface area is 407 Å². The molecule has 14 nitrogen and oxygen atoms in total. The van der Waals surface area contributed by atoms with E-state index in [1.54, 1.807) is 16.0 Å². The smallest absolute Gasteiger partial charge is 0.444 e. The van der Waals surface area contributed by atoms with Crippen LogP contribution >= 0.6 is 34.8 Å². The van der Waals surface area contributed by atoms with Gasteiger partial charge in [-0.1, -0.05) is 47.0 Å². The summed E-state index contributed by atoms with van der Waals surface area (Å²) in [6, 6.07) is 3.76. The molecule has 5 aliphatic heterocycles. The molecule has 66 heavy (non-hydrogen) atoms. The van der Waals surface area contributed by atoms with Gasteiger partial charge in [-0.05, 0) is 144 Å². The molecule has 0 N–H and O–H groups in total. The van der Waals surface area contributed by atoms with Crippen LogP contribution < -0.4 is 0 Å². The van der Waals surface area contributed by atoms with Gasteiger partial charge in [-0.25, -0.2) is 14.6 Å². The van der Waals surface area contributed by atoms with Crippen molar-refractivity contribution >= 4 is 59.7 Å². The summed E-state index contributed by atoms with van der Waals surface area (Å²) < 4.78 is 45.6. The summed E-state index contributed by atoms with van der Waals surface area (Å²) in [5, 5.41) is 1.42. The summed E-state index contributed by atoms with van der Waals surface area (Å²) >= 11 is 18.1. The van der Waals surface area contributed by atoms with Crippen LogP contribution in [0.15, 0.2) is 42.2 Å². The molecule has 0 radical (unpaired) electrons. The largest absolute Gasteiger partial charge is 0.490 e. The van der Waals surface area contributed by atoms with E-state index >= 15 is 0 Å². The molecule has 2 aromatic heterocycles. The average molecular weight is 980 g/mol. The third kappa shape index (κ3) is 15.8. The first-order chi connectivity index (χ1) is 30.4. The summed E-state index contributed by atoms with van der Waals surface area (Å²) in [5.41, 5.74) is 3.33. The van der Waals surface area contributed by atoms with E-state index in [0.29, 0.717) is 67.4 Å². The second-order valence-corrected chi connectivity index (χ2v) is 22.2. The Hall–Kier alpha value is -2.99. The van der Waals surface area contributed by atoms with E-state index in [0.717, 1.165) is 40.7 Å². The lowest BCUT2D eigenvalue weighted by molar-refractivity contribution is -0.138. The average Bonchev–Trinajstić information content (AvgIpc) is 3.80. The van der Waals surface area contributed by atoms with Crippen molar-refractivity contribution in [3.8, 4) is 0 Å². The zero-order valence-electron chi connectivity index (χ0n) is 41.3. The normalized spacial score (nSPS) is 23.2. The van der Waals surface area contributed by atoms with Crippen LogP contribution in [0.2, 0.25) is 15.2 Å². The minimum Gasteiger partial charge on any atom is -0.444 e. The maximum Gasteiger partial charge on any atom is 0.490 e. The number of rotatable bonds is 6. The Balaban J connectivity index is 0.000000193. The third-order valence-corrected chi connectivity index (χ3v) is 12.4. The Morgan fingerprint density at radius 3 is 1.53 bits per heavy atom. The molecule has 366 valence electrons. The molecule has 2 aromatic rings. The molecule has 3 fully saturated rings. The molecule has 0 saturated carbocycles.